The zero-order chi connectivity index (χ0) is 17.9. The first kappa shape index (κ1) is 17.2. The maximum absolute atomic E-state index is 10.1. The van der Waals surface area contributed by atoms with Crippen LogP contribution in [-0.4, -0.2) is 26.0 Å². The fourth-order valence-electron chi connectivity index (χ4n) is 2.31. The molecule has 130 valence electrons. The second kappa shape index (κ2) is 7.07. The van der Waals surface area contributed by atoms with Crippen LogP contribution in [-0.2, 0) is 6.54 Å². The van der Waals surface area contributed by atoms with Gasteiger partial charge >= 0.3 is 6.01 Å². The van der Waals surface area contributed by atoms with Crippen LogP contribution in [0.3, 0.4) is 0 Å². The molecule has 2 aromatic carbocycles. The number of aromatic nitrogens is 3. The number of hydrogen-bond acceptors (Lipinski definition) is 4. The van der Waals surface area contributed by atoms with Crippen molar-refractivity contribution >= 4 is 0 Å². The maximum atomic E-state index is 10.1. The molecule has 1 unspecified atom stereocenters. The van der Waals surface area contributed by atoms with Gasteiger partial charge in [-0.3, -0.25) is 0 Å². The minimum absolute atomic E-state index is 0.208. The molecule has 0 spiro atoms. The molecule has 1 heterocycles. The van der Waals surface area contributed by atoms with Gasteiger partial charge in [-0.25, -0.2) is 4.68 Å². The Bertz CT molecular complexity index is 805. The molecule has 0 aliphatic rings. The van der Waals surface area contributed by atoms with E-state index in [4.69, 9.17) is 4.74 Å². The molecule has 1 aromatic heterocycles. The van der Waals surface area contributed by atoms with E-state index < -0.39 is 6.10 Å². The molecule has 25 heavy (non-hydrogen) atoms. The molecule has 5 heteroatoms. The molecule has 3 aromatic rings. The van der Waals surface area contributed by atoms with Crippen molar-refractivity contribution in [2.24, 2.45) is 5.41 Å². The van der Waals surface area contributed by atoms with Gasteiger partial charge in [0.05, 0.1) is 12.6 Å². The van der Waals surface area contributed by atoms with Gasteiger partial charge in [-0.1, -0.05) is 63.2 Å². The first-order valence-corrected chi connectivity index (χ1v) is 8.33. The summed E-state index contributed by atoms with van der Waals surface area (Å²) in [4.78, 5) is 4.15. The molecule has 1 N–H and O–H groups in total. The van der Waals surface area contributed by atoms with E-state index >= 15 is 0 Å². The molecule has 0 saturated carbocycles. The average molecular weight is 337 g/mol. The van der Waals surface area contributed by atoms with E-state index in [1.54, 1.807) is 11.0 Å². The Kier molecular flexibility index (Phi) is 4.86. The van der Waals surface area contributed by atoms with Crippen LogP contribution in [0.2, 0.25) is 0 Å². The quantitative estimate of drug-likeness (QED) is 0.760. The Labute approximate surface area is 147 Å². The van der Waals surface area contributed by atoms with Crippen molar-refractivity contribution in [2.75, 3.05) is 0 Å². The molecule has 1 atom stereocenters. The number of benzene rings is 2. The summed E-state index contributed by atoms with van der Waals surface area (Å²) in [6.07, 6.45) is 1.06. The lowest BCUT2D eigenvalue weighted by atomic mass is 9.89. The Morgan fingerprint density at radius 2 is 1.64 bits per heavy atom. The molecule has 0 bridgehead atoms. The van der Waals surface area contributed by atoms with Crippen LogP contribution in [0.1, 0.15) is 20.8 Å². The predicted molar refractivity (Wildman–Crippen MR) is 97.4 cm³/mol. The van der Waals surface area contributed by atoms with Crippen molar-refractivity contribution < 1.29 is 9.84 Å². The molecule has 5 nitrogen and oxygen atoms in total. The van der Waals surface area contributed by atoms with Crippen LogP contribution in [0, 0.1) is 5.41 Å². The van der Waals surface area contributed by atoms with E-state index in [0.717, 1.165) is 11.1 Å². The fraction of sp³-hybridized carbons (Fsp3) is 0.300. The third-order valence-electron chi connectivity index (χ3n) is 4.05. The highest BCUT2D eigenvalue weighted by Crippen LogP contribution is 2.24. The number of ether oxygens (including phenoxy) is 1. The molecule has 0 aliphatic heterocycles. The largest absolute Gasteiger partial charge is 0.423 e. The van der Waals surface area contributed by atoms with Gasteiger partial charge in [0.2, 0.25) is 0 Å². The van der Waals surface area contributed by atoms with Gasteiger partial charge in [-0.2, -0.15) is 4.98 Å². The average Bonchev–Trinajstić information content (AvgIpc) is 3.02. The molecule has 0 radical (unpaired) electrons. The highest BCUT2D eigenvalue weighted by molar-refractivity contribution is 5.63. The maximum Gasteiger partial charge on any atom is 0.340 e. The molecular weight excluding hydrogens is 314 g/mol. The zero-order valence-electron chi connectivity index (χ0n) is 14.8. The first-order chi connectivity index (χ1) is 11.9. The van der Waals surface area contributed by atoms with E-state index in [1.165, 1.54) is 0 Å². The van der Waals surface area contributed by atoms with E-state index in [9.17, 15) is 5.11 Å². The summed E-state index contributed by atoms with van der Waals surface area (Å²) in [5.41, 5.74) is 2.08. The minimum atomic E-state index is -0.507. The number of aliphatic hydroxyl groups excluding tert-OH is 1. The first-order valence-electron chi connectivity index (χ1n) is 8.33. The Morgan fingerprint density at radius 3 is 2.28 bits per heavy atom. The Morgan fingerprint density at radius 1 is 1.00 bits per heavy atom. The SMILES string of the molecule is CC(C)(C)C(O)Cn1cnc(Oc2ccc(-c3ccccc3)cc2)n1. The second-order valence-electron chi connectivity index (χ2n) is 7.12. The highest BCUT2D eigenvalue weighted by atomic mass is 16.5. The van der Waals surface area contributed by atoms with Gasteiger partial charge < -0.3 is 9.84 Å². The molecule has 0 fully saturated rings. The van der Waals surface area contributed by atoms with Gasteiger partial charge in [0, 0.05) is 0 Å². The van der Waals surface area contributed by atoms with Crippen molar-refractivity contribution in [1.82, 2.24) is 14.8 Å². The van der Waals surface area contributed by atoms with Gasteiger partial charge in [0.25, 0.3) is 0 Å². The van der Waals surface area contributed by atoms with Crippen molar-refractivity contribution in [3.05, 3.63) is 60.9 Å². The van der Waals surface area contributed by atoms with Crippen LogP contribution >= 0.6 is 0 Å². The zero-order valence-corrected chi connectivity index (χ0v) is 14.8. The normalized spacial score (nSPS) is 12.8. The topological polar surface area (TPSA) is 60.2 Å². The van der Waals surface area contributed by atoms with Crippen molar-refractivity contribution in [1.29, 1.82) is 0 Å². The number of nitrogens with zero attached hydrogens (tertiary/aromatic N) is 3. The lowest BCUT2D eigenvalue weighted by molar-refractivity contribution is 0.0448. The van der Waals surface area contributed by atoms with E-state index in [-0.39, 0.29) is 11.4 Å². The summed E-state index contributed by atoms with van der Waals surface area (Å²) in [5.74, 6) is 0.675. The minimum Gasteiger partial charge on any atom is -0.423 e. The predicted octanol–water partition coefficient (Wildman–Crippen LogP) is 4.14. The highest BCUT2D eigenvalue weighted by Gasteiger charge is 2.23. The monoisotopic (exact) mass is 337 g/mol. The summed E-state index contributed by atoms with van der Waals surface area (Å²) in [5, 5.41) is 14.4. The molecule has 3 rings (SSSR count). The number of rotatable bonds is 5. The van der Waals surface area contributed by atoms with Gasteiger partial charge in [-0.05, 0) is 28.7 Å². The van der Waals surface area contributed by atoms with Crippen LogP contribution in [0.15, 0.2) is 60.9 Å². The van der Waals surface area contributed by atoms with E-state index in [1.807, 2.05) is 63.2 Å². The summed E-state index contributed by atoms with van der Waals surface area (Å²) < 4.78 is 7.29. The molecule has 0 amide bonds. The van der Waals surface area contributed by atoms with Crippen molar-refractivity contribution in [2.45, 2.75) is 33.4 Å². The lowest BCUT2D eigenvalue weighted by Gasteiger charge is -2.25. The third-order valence-corrected chi connectivity index (χ3v) is 4.05. The van der Waals surface area contributed by atoms with Crippen LogP contribution in [0.5, 0.6) is 11.8 Å². The lowest BCUT2D eigenvalue weighted by Crippen LogP contribution is -2.30. The molecule has 0 saturated heterocycles. The number of aliphatic hydroxyl groups is 1. The number of hydrogen-bond donors (Lipinski definition) is 1. The van der Waals surface area contributed by atoms with Gasteiger partial charge in [0.1, 0.15) is 12.1 Å². The summed E-state index contributed by atoms with van der Waals surface area (Å²) in [6, 6.07) is 18.2. The Hall–Kier alpha value is -2.66. The van der Waals surface area contributed by atoms with E-state index in [2.05, 4.69) is 22.2 Å². The smallest absolute Gasteiger partial charge is 0.340 e. The van der Waals surface area contributed by atoms with Gasteiger partial charge in [0.15, 0.2) is 0 Å². The summed E-state index contributed by atoms with van der Waals surface area (Å²) in [6.45, 7) is 6.34. The Balaban J connectivity index is 1.65. The van der Waals surface area contributed by atoms with Crippen LogP contribution < -0.4 is 4.74 Å². The van der Waals surface area contributed by atoms with E-state index in [0.29, 0.717) is 12.3 Å². The molecular formula is C20H23N3O2. The summed E-state index contributed by atoms with van der Waals surface area (Å²) in [7, 11) is 0. The second-order valence-corrected chi connectivity index (χ2v) is 7.12. The van der Waals surface area contributed by atoms with Crippen LogP contribution in [0.25, 0.3) is 11.1 Å². The van der Waals surface area contributed by atoms with Crippen molar-refractivity contribution in [3.63, 3.8) is 0 Å². The van der Waals surface area contributed by atoms with Crippen LogP contribution in [0.4, 0.5) is 0 Å². The third kappa shape index (κ3) is 4.45. The van der Waals surface area contributed by atoms with Crippen molar-refractivity contribution in [3.8, 4) is 22.9 Å². The fourth-order valence-corrected chi connectivity index (χ4v) is 2.31. The summed E-state index contributed by atoms with van der Waals surface area (Å²) >= 11 is 0. The standard InChI is InChI=1S/C20H23N3O2/c1-20(2,3)18(24)13-23-14-21-19(22-23)25-17-11-9-16(10-12-17)15-7-5-4-6-8-15/h4-12,14,18,24H,13H2,1-3H3. The van der Waals surface area contributed by atoms with Gasteiger partial charge in [-0.15, -0.1) is 5.10 Å². The molecule has 0 aliphatic carbocycles.